The zero-order chi connectivity index (χ0) is 15.0. The molecule has 6 heteroatoms. The van der Waals surface area contributed by atoms with Crippen molar-refractivity contribution in [2.75, 3.05) is 7.11 Å². The highest BCUT2D eigenvalue weighted by atomic mass is 35.5. The smallest absolute Gasteiger partial charge is 0.335 e. The van der Waals surface area contributed by atoms with Gasteiger partial charge in [0, 0.05) is 0 Å². The molecule has 0 radical (unpaired) electrons. The van der Waals surface area contributed by atoms with Crippen molar-refractivity contribution in [3.63, 3.8) is 0 Å². The summed E-state index contributed by atoms with van der Waals surface area (Å²) in [6.45, 7) is 0. The molecular weight excluding hydrogens is 294 g/mol. The van der Waals surface area contributed by atoms with Gasteiger partial charge in [-0.25, -0.2) is 9.78 Å². The number of carboxylic acids is 1. The van der Waals surface area contributed by atoms with Crippen molar-refractivity contribution in [1.82, 2.24) is 4.98 Å². The van der Waals surface area contributed by atoms with Gasteiger partial charge in [0.2, 0.25) is 5.89 Å². The van der Waals surface area contributed by atoms with Crippen LogP contribution in [0.3, 0.4) is 0 Å². The summed E-state index contributed by atoms with van der Waals surface area (Å²) in [4.78, 5) is 15.3. The number of fused-ring (bicyclic) bond motifs is 1. The molecule has 106 valence electrons. The number of aromatic carboxylic acids is 1. The number of carboxylic acid groups (broad SMARTS) is 1. The minimum atomic E-state index is -1.02. The fourth-order valence-corrected chi connectivity index (χ4v) is 2.29. The van der Waals surface area contributed by atoms with Gasteiger partial charge >= 0.3 is 5.97 Å². The molecule has 0 unspecified atom stereocenters. The molecule has 3 rings (SSSR count). The number of benzene rings is 2. The third kappa shape index (κ3) is 2.32. The summed E-state index contributed by atoms with van der Waals surface area (Å²) in [5.41, 5.74) is 1.68. The summed E-state index contributed by atoms with van der Waals surface area (Å²) < 4.78 is 10.8. The van der Waals surface area contributed by atoms with E-state index in [1.807, 2.05) is 0 Å². The second-order valence-corrected chi connectivity index (χ2v) is 4.71. The fourth-order valence-electron chi connectivity index (χ4n) is 2.01. The summed E-state index contributed by atoms with van der Waals surface area (Å²) in [7, 11) is 1.52. The minimum Gasteiger partial charge on any atom is -0.495 e. The van der Waals surface area contributed by atoms with Crippen LogP contribution in [0.4, 0.5) is 0 Å². The van der Waals surface area contributed by atoms with Crippen LogP contribution in [-0.4, -0.2) is 23.2 Å². The van der Waals surface area contributed by atoms with E-state index < -0.39 is 5.97 Å². The summed E-state index contributed by atoms with van der Waals surface area (Å²) >= 11 is 6.23. The van der Waals surface area contributed by atoms with E-state index in [9.17, 15) is 4.79 Å². The highest BCUT2D eigenvalue weighted by molar-refractivity contribution is 6.34. The van der Waals surface area contributed by atoms with Crippen LogP contribution in [0.25, 0.3) is 22.6 Å². The van der Waals surface area contributed by atoms with Crippen molar-refractivity contribution < 1.29 is 19.1 Å². The molecule has 1 N–H and O–H groups in total. The van der Waals surface area contributed by atoms with E-state index in [0.717, 1.165) is 0 Å². The number of methoxy groups -OCH3 is 1. The lowest BCUT2D eigenvalue weighted by molar-refractivity contribution is 0.0697. The molecule has 0 atom stereocenters. The van der Waals surface area contributed by atoms with Crippen LogP contribution in [0.2, 0.25) is 5.02 Å². The zero-order valence-electron chi connectivity index (χ0n) is 11.0. The largest absolute Gasteiger partial charge is 0.495 e. The van der Waals surface area contributed by atoms with Crippen LogP contribution < -0.4 is 4.74 Å². The monoisotopic (exact) mass is 303 g/mol. The number of hydrogen-bond donors (Lipinski definition) is 1. The van der Waals surface area contributed by atoms with Gasteiger partial charge in [0.25, 0.3) is 0 Å². The minimum absolute atomic E-state index is 0.141. The molecule has 1 heterocycles. The molecule has 0 aliphatic rings. The van der Waals surface area contributed by atoms with Crippen molar-refractivity contribution in [2.24, 2.45) is 0 Å². The van der Waals surface area contributed by atoms with Crippen LogP contribution >= 0.6 is 11.6 Å². The van der Waals surface area contributed by atoms with E-state index in [-0.39, 0.29) is 5.56 Å². The Morgan fingerprint density at radius 2 is 2.14 bits per heavy atom. The number of halogens is 1. The average molecular weight is 304 g/mol. The summed E-state index contributed by atoms with van der Waals surface area (Å²) in [6.07, 6.45) is 0. The number of nitrogens with zero attached hydrogens (tertiary/aromatic N) is 1. The molecule has 0 spiro atoms. The Bertz CT molecular complexity index is 841. The third-order valence-electron chi connectivity index (χ3n) is 3.05. The highest BCUT2D eigenvalue weighted by Gasteiger charge is 2.15. The summed E-state index contributed by atoms with van der Waals surface area (Å²) in [5, 5.41) is 9.37. The molecule has 0 saturated carbocycles. The molecule has 0 fully saturated rings. The van der Waals surface area contributed by atoms with Gasteiger partial charge in [-0.05, 0) is 30.3 Å². The topological polar surface area (TPSA) is 72.6 Å². The molecule has 0 aliphatic carbocycles. The van der Waals surface area contributed by atoms with Crippen LogP contribution in [0, 0.1) is 0 Å². The predicted molar refractivity (Wildman–Crippen MR) is 78.0 cm³/mol. The number of oxazole rings is 1. The Balaban J connectivity index is 2.15. The van der Waals surface area contributed by atoms with Crippen molar-refractivity contribution >= 4 is 28.7 Å². The predicted octanol–water partition coefficient (Wildman–Crippen LogP) is 3.86. The van der Waals surface area contributed by atoms with E-state index in [4.69, 9.17) is 25.9 Å². The first-order chi connectivity index (χ1) is 10.1. The second kappa shape index (κ2) is 5.10. The van der Waals surface area contributed by atoms with Crippen molar-refractivity contribution in [1.29, 1.82) is 0 Å². The Kier molecular flexibility index (Phi) is 3.27. The molecule has 0 bridgehead atoms. The van der Waals surface area contributed by atoms with Gasteiger partial charge in [-0.2, -0.15) is 0 Å². The molecule has 3 aromatic rings. The normalized spacial score (nSPS) is 10.8. The van der Waals surface area contributed by atoms with Crippen LogP contribution in [-0.2, 0) is 0 Å². The van der Waals surface area contributed by atoms with Crippen molar-refractivity contribution in [3.8, 4) is 17.2 Å². The molecule has 5 nitrogen and oxygen atoms in total. The van der Waals surface area contributed by atoms with Gasteiger partial charge in [-0.1, -0.05) is 17.7 Å². The molecule has 0 saturated heterocycles. The molecule has 0 amide bonds. The van der Waals surface area contributed by atoms with E-state index in [2.05, 4.69) is 4.98 Å². The van der Waals surface area contributed by atoms with Crippen molar-refractivity contribution in [2.45, 2.75) is 0 Å². The maximum atomic E-state index is 11.0. The lowest BCUT2D eigenvalue weighted by atomic mass is 10.2. The van der Waals surface area contributed by atoms with E-state index >= 15 is 0 Å². The number of rotatable bonds is 3. The quantitative estimate of drug-likeness (QED) is 0.795. The van der Waals surface area contributed by atoms with Gasteiger partial charge in [0.15, 0.2) is 5.58 Å². The number of hydrogen-bond acceptors (Lipinski definition) is 4. The maximum absolute atomic E-state index is 11.0. The highest BCUT2D eigenvalue weighted by Crippen LogP contribution is 2.35. The molecular formula is C15H10ClNO4. The van der Waals surface area contributed by atoms with Crippen LogP contribution in [0.5, 0.6) is 5.75 Å². The fraction of sp³-hybridized carbons (Fsp3) is 0.0667. The maximum Gasteiger partial charge on any atom is 0.335 e. The molecule has 1 aromatic heterocycles. The van der Waals surface area contributed by atoms with Gasteiger partial charge in [0.05, 0.1) is 23.3 Å². The zero-order valence-corrected chi connectivity index (χ0v) is 11.7. The first-order valence-corrected chi connectivity index (χ1v) is 6.44. The van der Waals surface area contributed by atoms with E-state index in [0.29, 0.717) is 33.3 Å². The lowest BCUT2D eigenvalue weighted by Crippen LogP contribution is -1.94. The molecule has 0 aliphatic heterocycles. The standard InChI is InChI=1S/C15H10ClNO4/c1-20-11-4-2-3-9(13(11)16)14-17-10-6-5-8(15(18)19)7-12(10)21-14/h2-7H,1H3,(H,18,19). The molecule has 21 heavy (non-hydrogen) atoms. The SMILES string of the molecule is COc1cccc(-c2nc3ccc(C(=O)O)cc3o2)c1Cl. The second-order valence-electron chi connectivity index (χ2n) is 4.33. The summed E-state index contributed by atoms with van der Waals surface area (Å²) in [5.74, 6) is -0.187. The average Bonchev–Trinajstić information content (AvgIpc) is 2.90. The number of ether oxygens (including phenoxy) is 1. The Morgan fingerprint density at radius 1 is 1.33 bits per heavy atom. The number of aromatic nitrogens is 1. The summed E-state index contributed by atoms with van der Waals surface area (Å²) in [6, 6.07) is 9.77. The van der Waals surface area contributed by atoms with Gasteiger partial charge in [-0.3, -0.25) is 0 Å². The van der Waals surface area contributed by atoms with E-state index in [1.54, 1.807) is 24.3 Å². The Hall–Kier alpha value is -2.53. The number of carbonyl (C=O) groups is 1. The first kappa shape index (κ1) is 13.5. The Labute approximate surface area is 124 Å². The first-order valence-electron chi connectivity index (χ1n) is 6.07. The van der Waals surface area contributed by atoms with Crippen LogP contribution in [0.15, 0.2) is 40.8 Å². The van der Waals surface area contributed by atoms with Gasteiger partial charge in [-0.15, -0.1) is 0 Å². The third-order valence-corrected chi connectivity index (χ3v) is 3.44. The Morgan fingerprint density at radius 3 is 2.86 bits per heavy atom. The van der Waals surface area contributed by atoms with Crippen LogP contribution in [0.1, 0.15) is 10.4 Å². The van der Waals surface area contributed by atoms with Crippen molar-refractivity contribution in [3.05, 3.63) is 47.0 Å². The van der Waals surface area contributed by atoms with E-state index in [1.165, 1.54) is 19.2 Å². The van der Waals surface area contributed by atoms with Gasteiger partial charge in [0.1, 0.15) is 11.3 Å². The molecule has 2 aromatic carbocycles. The van der Waals surface area contributed by atoms with Gasteiger partial charge < -0.3 is 14.3 Å². The lowest BCUT2D eigenvalue weighted by Gasteiger charge is -2.05.